The van der Waals surface area contributed by atoms with E-state index < -0.39 is 0 Å². The maximum absolute atomic E-state index is 8.23. The molecule has 9 heavy (non-hydrogen) atoms. The van der Waals surface area contributed by atoms with Gasteiger partial charge in [-0.25, -0.2) is 6.10 Å². The van der Waals surface area contributed by atoms with Crippen molar-refractivity contribution in [2.24, 2.45) is 0 Å². The van der Waals surface area contributed by atoms with Crippen LogP contribution >= 0.6 is 0 Å². The van der Waals surface area contributed by atoms with Crippen LogP contribution in [0.2, 0.25) is 0 Å². The summed E-state index contributed by atoms with van der Waals surface area (Å²) in [6, 6.07) is 0. The van der Waals surface area contributed by atoms with E-state index in [-0.39, 0.29) is 37.7 Å². The first-order valence-corrected chi connectivity index (χ1v) is 2.63. The van der Waals surface area contributed by atoms with E-state index in [4.69, 9.17) is 9.84 Å². The maximum atomic E-state index is 8.23. The first-order chi connectivity index (χ1) is 3.77. The Bertz CT molecular complexity index is 48.3. The Hall–Kier alpha value is 0.972. The molecule has 0 rings (SSSR count). The Labute approximate surface area is 80.4 Å². The second kappa shape index (κ2) is 8.97. The molecule has 0 bridgehead atoms. The zero-order valence-corrected chi connectivity index (χ0v) is 10.0. The van der Waals surface area contributed by atoms with Gasteiger partial charge in [-0.1, -0.05) is 6.61 Å². The van der Waals surface area contributed by atoms with E-state index in [1.165, 1.54) is 0 Å². The SMILES string of the molecule is C[C-](C)OC[CH-]CO.[U+2]. The van der Waals surface area contributed by atoms with Crippen LogP contribution in [-0.4, -0.2) is 18.3 Å². The molecule has 0 amide bonds. The van der Waals surface area contributed by atoms with Crippen molar-refractivity contribution in [2.45, 2.75) is 13.8 Å². The first-order valence-electron chi connectivity index (χ1n) is 2.63. The molecule has 0 fully saturated rings. The van der Waals surface area contributed by atoms with Gasteiger partial charge in [0.1, 0.15) is 0 Å². The fourth-order valence-corrected chi connectivity index (χ4v) is 0.278. The predicted octanol–water partition coefficient (Wildman–Crippen LogP) is 0.771. The van der Waals surface area contributed by atoms with Crippen molar-refractivity contribution in [3.05, 3.63) is 12.5 Å². The van der Waals surface area contributed by atoms with E-state index in [2.05, 4.69) is 0 Å². The van der Waals surface area contributed by atoms with Crippen LogP contribution in [0.3, 0.4) is 0 Å². The largest absolute Gasteiger partial charge is 2.00 e. The van der Waals surface area contributed by atoms with Gasteiger partial charge in [-0.05, 0) is 0 Å². The molecule has 0 saturated carbocycles. The van der Waals surface area contributed by atoms with E-state index in [9.17, 15) is 0 Å². The Kier molecular flexibility index (Phi) is 12.6. The molecule has 0 radical (unpaired) electrons. The quantitative estimate of drug-likeness (QED) is 0.597. The van der Waals surface area contributed by atoms with E-state index in [1.54, 1.807) is 6.42 Å². The van der Waals surface area contributed by atoms with Crippen molar-refractivity contribution >= 4 is 0 Å². The summed E-state index contributed by atoms with van der Waals surface area (Å²) >= 11 is 0. The van der Waals surface area contributed by atoms with E-state index in [0.717, 1.165) is 6.10 Å². The number of aliphatic hydroxyl groups excluding tert-OH is 1. The van der Waals surface area contributed by atoms with Crippen molar-refractivity contribution in [1.29, 1.82) is 0 Å². The molecule has 2 nitrogen and oxygen atoms in total. The Balaban J connectivity index is 0. The van der Waals surface area contributed by atoms with Gasteiger partial charge in [0.15, 0.2) is 0 Å². The van der Waals surface area contributed by atoms with Crippen LogP contribution in [0.1, 0.15) is 13.8 Å². The molecule has 0 aromatic carbocycles. The molecule has 3 heteroatoms. The smallest absolute Gasteiger partial charge is 0.575 e. The average Bonchev–Trinajstić information content (AvgIpc) is 1.66. The van der Waals surface area contributed by atoms with Gasteiger partial charge < -0.3 is 9.84 Å². The van der Waals surface area contributed by atoms with E-state index >= 15 is 0 Å². The van der Waals surface area contributed by atoms with Gasteiger partial charge >= 0.3 is 31.1 Å². The molecule has 1 N–H and O–H groups in total. The normalized spacial score (nSPS) is 9.33. The van der Waals surface area contributed by atoms with Gasteiger partial charge in [-0.15, -0.1) is 6.61 Å². The fourth-order valence-electron chi connectivity index (χ4n) is 0.278. The summed E-state index contributed by atoms with van der Waals surface area (Å²) in [6.45, 7) is 4.36. The summed E-state index contributed by atoms with van der Waals surface area (Å²) < 4.78 is 4.98. The van der Waals surface area contributed by atoms with Crippen LogP contribution in [0, 0.1) is 43.6 Å². The molecule has 0 aromatic heterocycles. The molecular weight excluding hydrogens is 342 g/mol. The van der Waals surface area contributed by atoms with Crippen LogP contribution in [0.25, 0.3) is 0 Å². The van der Waals surface area contributed by atoms with Crippen LogP contribution < -0.4 is 0 Å². The van der Waals surface area contributed by atoms with Gasteiger partial charge in [0.2, 0.25) is 0 Å². The van der Waals surface area contributed by atoms with Crippen molar-refractivity contribution in [2.75, 3.05) is 13.2 Å². The predicted molar refractivity (Wildman–Crippen MR) is 31.9 cm³/mol. The minimum absolute atomic E-state index is 0. The van der Waals surface area contributed by atoms with Crippen molar-refractivity contribution in [3.63, 3.8) is 0 Å². The molecular formula is C6H12O2U. The molecule has 0 saturated heterocycles. The number of hydrogen-bond donors (Lipinski definition) is 1. The van der Waals surface area contributed by atoms with Gasteiger partial charge in [0.25, 0.3) is 0 Å². The summed E-state index contributed by atoms with van der Waals surface area (Å²) in [5.74, 6) is 0. The minimum atomic E-state index is 0. The topological polar surface area (TPSA) is 29.5 Å². The van der Waals surface area contributed by atoms with Crippen LogP contribution in [0.4, 0.5) is 0 Å². The minimum Gasteiger partial charge on any atom is -0.575 e. The number of hydrogen-bond acceptors (Lipinski definition) is 2. The van der Waals surface area contributed by atoms with Crippen LogP contribution in [0.15, 0.2) is 0 Å². The van der Waals surface area contributed by atoms with Gasteiger partial charge in [-0.2, -0.15) is 13.8 Å². The molecule has 0 heterocycles. The second-order valence-corrected chi connectivity index (χ2v) is 1.69. The van der Waals surface area contributed by atoms with Gasteiger partial charge in [0, 0.05) is 0 Å². The Morgan fingerprint density at radius 2 is 2.11 bits per heavy atom. The van der Waals surface area contributed by atoms with E-state index in [1.807, 2.05) is 13.8 Å². The zero-order valence-electron chi connectivity index (χ0n) is 5.85. The standard InChI is InChI=1S/C6H12O2.U/c1-6(2)8-5-3-4-7;/h3,7H,4-5H2,1-2H3;/q-2;+2. The maximum Gasteiger partial charge on any atom is 2.00 e. The second-order valence-electron chi connectivity index (χ2n) is 1.69. The Morgan fingerprint density at radius 3 is 2.44 bits per heavy atom. The summed E-state index contributed by atoms with van der Waals surface area (Å²) in [6.07, 6.45) is 2.59. The first kappa shape index (κ1) is 12.6. The Morgan fingerprint density at radius 1 is 1.56 bits per heavy atom. The van der Waals surface area contributed by atoms with Crippen LogP contribution in [-0.2, 0) is 4.74 Å². The molecule has 0 aliphatic carbocycles. The molecule has 0 atom stereocenters. The van der Waals surface area contributed by atoms with Crippen LogP contribution in [0.5, 0.6) is 0 Å². The zero-order chi connectivity index (χ0) is 6.41. The number of ether oxygens (including phenoxy) is 1. The molecule has 0 aliphatic heterocycles. The summed E-state index contributed by atoms with van der Waals surface area (Å²) in [7, 11) is 0. The molecule has 0 aliphatic rings. The monoisotopic (exact) mass is 354 g/mol. The molecule has 0 spiro atoms. The number of aliphatic hydroxyl groups is 1. The molecule has 0 unspecified atom stereocenters. The molecule has 52 valence electrons. The average molecular weight is 354 g/mol. The van der Waals surface area contributed by atoms with Crippen molar-refractivity contribution < 1.29 is 41.0 Å². The third-order valence-corrected chi connectivity index (χ3v) is 0.619. The third-order valence-electron chi connectivity index (χ3n) is 0.619. The van der Waals surface area contributed by atoms with Gasteiger partial charge in [-0.3, -0.25) is 6.42 Å². The van der Waals surface area contributed by atoms with Crippen molar-refractivity contribution in [1.82, 2.24) is 0 Å². The van der Waals surface area contributed by atoms with E-state index in [0.29, 0.717) is 6.61 Å². The van der Waals surface area contributed by atoms with Gasteiger partial charge in [0.05, 0.1) is 0 Å². The summed E-state index contributed by atoms with van der Waals surface area (Å²) in [4.78, 5) is 0. The van der Waals surface area contributed by atoms with Crippen molar-refractivity contribution in [3.8, 4) is 0 Å². The molecule has 0 aromatic rings. The fraction of sp³-hybridized carbons (Fsp3) is 0.667. The third kappa shape index (κ3) is 12.2. The summed E-state index contributed by atoms with van der Waals surface area (Å²) in [5, 5.41) is 8.23. The number of rotatable bonds is 4. The summed E-state index contributed by atoms with van der Waals surface area (Å²) in [5.41, 5.74) is 0.